The van der Waals surface area contributed by atoms with E-state index in [0.29, 0.717) is 25.8 Å². The molecule has 3 rings (SSSR count). The number of hydrogen-bond donors (Lipinski definition) is 2. The highest BCUT2D eigenvalue weighted by Crippen LogP contribution is 2.27. The van der Waals surface area contributed by atoms with Crippen molar-refractivity contribution in [3.63, 3.8) is 0 Å². The zero-order chi connectivity index (χ0) is 16.8. The topological polar surface area (TPSA) is 79.3 Å². The summed E-state index contributed by atoms with van der Waals surface area (Å²) in [4.78, 5) is 27.0. The first kappa shape index (κ1) is 17.0. The van der Waals surface area contributed by atoms with Gasteiger partial charge in [-0.05, 0) is 51.3 Å². The highest BCUT2D eigenvalue weighted by molar-refractivity contribution is 5.85. The Morgan fingerprint density at radius 2 is 1.92 bits per heavy atom. The van der Waals surface area contributed by atoms with E-state index >= 15 is 0 Å². The van der Waals surface area contributed by atoms with Crippen LogP contribution in [0.5, 0.6) is 0 Å². The predicted molar refractivity (Wildman–Crippen MR) is 90.4 cm³/mol. The quantitative estimate of drug-likeness (QED) is 0.821. The first-order chi connectivity index (χ1) is 11.7. The van der Waals surface area contributed by atoms with Crippen molar-refractivity contribution in [1.29, 1.82) is 0 Å². The van der Waals surface area contributed by atoms with Crippen molar-refractivity contribution in [2.45, 2.75) is 44.1 Å². The minimum absolute atomic E-state index is 0.0286. The number of likely N-dealkylation sites (tertiary alicyclic amines) is 1. The van der Waals surface area contributed by atoms with Gasteiger partial charge in [-0.25, -0.2) is 0 Å². The number of rotatable bonds is 5. The minimum atomic E-state index is -0.636. The maximum absolute atomic E-state index is 12.9. The molecule has 7 nitrogen and oxygen atoms in total. The summed E-state index contributed by atoms with van der Waals surface area (Å²) in [6, 6.07) is 1.84. The molecule has 2 amide bonds. The molecular weight excluding hydrogens is 306 g/mol. The van der Waals surface area contributed by atoms with Gasteiger partial charge in [-0.15, -0.1) is 0 Å². The number of nitrogens with one attached hydrogen (secondary N) is 2. The third-order valence-corrected chi connectivity index (χ3v) is 5.13. The van der Waals surface area contributed by atoms with Crippen LogP contribution in [0.3, 0.4) is 0 Å². The molecule has 0 atom stereocenters. The van der Waals surface area contributed by atoms with Crippen LogP contribution < -0.4 is 10.6 Å². The molecular formula is C17H27N5O2. The van der Waals surface area contributed by atoms with Gasteiger partial charge in [0.05, 0.1) is 0 Å². The number of hydrogen-bond acceptors (Lipinski definition) is 4. The Bertz CT molecular complexity index is 545. The van der Waals surface area contributed by atoms with Crippen LogP contribution >= 0.6 is 0 Å². The number of carbonyl (C=O) groups is 2. The number of piperidine rings is 2. The van der Waals surface area contributed by atoms with Crippen LogP contribution in [0, 0.1) is 0 Å². The molecule has 0 bridgehead atoms. The summed E-state index contributed by atoms with van der Waals surface area (Å²) in [6.07, 6.45) is 8.74. The highest BCUT2D eigenvalue weighted by atomic mass is 16.2. The zero-order valence-electron chi connectivity index (χ0n) is 14.2. The van der Waals surface area contributed by atoms with E-state index in [4.69, 9.17) is 0 Å². The van der Waals surface area contributed by atoms with Crippen LogP contribution in [-0.4, -0.2) is 59.2 Å². The summed E-state index contributed by atoms with van der Waals surface area (Å²) in [5.74, 6) is 0.118. The third kappa shape index (κ3) is 3.61. The summed E-state index contributed by atoms with van der Waals surface area (Å²) in [6.45, 7) is 3.69. The van der Waals surface area contributed by atoms with Crippen LogP contribution in [0.1, 0.15) is 38.5 Å². The van der Waals surface area contributed by atoms with E-state index in [-0.39, 0.29) is 11.8 Å². The molecule has 0 saturated carbocycles. The van der Waals surface area contributed by atoms with E-state index in [9.17, 15) is 9.59 Å². The average molecular weight is 333 g/mol. The van der Waals surface area contributed by atoms with Crippen LogP contribution in [0.4, 0.5) is 0 Å². The monoisotopic (exact) mass is 333 g/mol. The van der Waals surface area contributed by atoms with Gasteiger partial charge in [0.25, 0.3) is 0 Å². The summed E-state index contributed by atoms with van der Waals surface area (Å²) in [7, 11) is 0. The van der Waals surface area contributed by atoms with Gasteiger partial charge in [0, 0.05) is 38.4 Å². The van der Waals surface area contributed by atoms with Gasteiger partial charge >= 0.3 is 0 Å². The van der Waals surface area contributed by atoms with Gasteiger partial charge in [0.1, 0.15) is 5.54 Å². The largest absolute Gasteiger partial charge is 0.353 e. The molecule has 1 aromatic heterocycles. The number of amides is 2. The van der Waals surface area contributed by atoms with Gasteiger partial charge in [-0.2, -0.15) is 5.10 Å². The molecule has 7 heteroatoms. The molecule has 2 saturated heterocycles. The normalized spacial score (nSPS) is 20.6. The number of carbonyl (C=O) groups excluding carboxylic acids is 2. The summed E-state index contributed by atoms with van der Waals surface area (Å²) in [5.41, 5.74) is -0.636. The summed E-state index contributed by atoms with van der Waals surface area (Å²) in [5, 5.41) is 10.6. The Labute approximate surface area is 142 Å². The Hall–Kier alpha value is -1.89. The van der Waals surface area contributed by atoms with Crippen LogP contribution in [0.25, 0.3) is 0 Å². The maximum atomic E-state index is 12.9. The molecule has 2 fully saturated rings. The van der Waals surface area contributed by atoms with Crippen LogP contribution in [0.2, 0.25) is 0 Å². The molecule has 132 valence electrons. The molecule has 0 unspecified atom stereocenters. The molecule has 0 aromatic carbocycles. The lowest BCUT2D eigenvalue weighted by Crippen LogP contribution is -2.55. The Morgan fingerprint density at radius 3 is 2.58 bits per heavy atom. The summed E-state index contributed by atoms with van der Waals surface area (Å²) >= 11 is 0. The molecule has 24 heavy (non-hydrogen) atoms. The number of nitrogens with zero attached hydrogens (tertiary/aromatic N) is 3. The lowest BCUT2D eigenvalue weighted by molar-refractivity contribution is -0.133. The van der Waals surface area contributed by atoms with E-state index in [1.807, 2.05) is 17.2 Å². The molecule has 1 aromatic rings. The van der Waals surface area contributed by atoms with Gasteiger partial charge in [0.2, 0.25) is 11.8 Å². The van der Waals surface area contributed by atoms with Gasteiger partial charge in [-0.1, -0.05) is 0 Å². The van der Waals surface area contributed by atoms with Crippen molar-refractivity contribution >= 4 is 11.8 Å². The molecule has 0 radical (unpaired) electrons. The lowest BCUT2D eigenvalue weighted by atomic mass is 9.87. The zero-order valence-corrected chi connectivity index (χ0v) is 14.2. The van der Waals surface area contributed by atoms with E-state index < -0.39 is 5.54 Å². The molecule has 3 heterocycles. The van der Waals surface area contributed by atoms with Crippen LogP contribution in [-0.2, 0) is 15.1 Å². The van der Waals surface area contributed by atoms with Crippen LogP contribution in [0.15, 0.2) is 18.5 Å². The van der Waals surface area contributed by atoms with Crippen molar-refractivity contribution < 1.29 is 9.59 Å². The smallest absolute Gasteiger partial charge is 0.248 e. The van der Waals surface area contributed by atoms with Crippen molar-refractivity contribution in [3.05, 3.63) is 18.5 Å². The predicted octanol–water partition coefficient (Wildman–Crippen LogP) is 0.481. The minimum Gasteiger partial charge on any atom is -0.353 e. The molecule has 2 aliphatic rings. The van der Waals surface area contributed by atoms with Gasteiger partial charge in [0.15, 0.2) is 0 Å². The second kappa shape index (κ2) is 7.79. The fourth-order valence-electron chi connectivity index (χ4n) is 3.67. The van der Waals surface area contributed by atoms with Gasteiger partial charge in [-0.3, -0.25) is 14.3 Å². The lowest BCUT2D eigenvalue weighted by Gasteiger charge is -2.36. The van der Waals surface area contributed by atoms with E-state index in [0.717, 1.165) is 39.0 Å². The van der Waals surface area contributed by atoms with Gasteiger partial charge < -0.3 is 15.5 Å². The fraction of sp³-hybridized carbons (Fsp3) is 0.706. The highest BCUT2D eigenvalue weighted by Gasteiger charge is 2.41. The number of aromatic nitrogens is 2. The molecule has 0 spiro atoms. The fourth-order valence-corrected chi connectivity index (χ4v) is 3.67. The average Bonchev–Trinajstić information content (AvgIpc) is 3.18. The Morgan fingerprint density at radius 1 is 1.17 bits per heavy atom. The molecule has 2 aliphatic heterocycles. The second-order valence-electron chi connectivity index (χ2n) is 6.68. The Kier molecular flexibility index (Phi) is 5.50. The molecule has 2 N–H and O–H groups in total. The molecule has 0 aliphatic carbocycles. The van der Waals surface area contributed by atoms with Crippen molar-refractivity contribution in [3.8, 4) is 0 Å². The van der Waals surface area contributed by atoms with Crippen molar-refractivity contribution in [2.75, 3.05) is 32.7 Å². The maximum Gasteiger partial charge on any atom is 0.248 e. The first-order valence-electron chi connectivity index (χ1n) is 8.99. The van der Waals surface area contributed by atoms with E-state index in [2.05, 4.69) is 15.7 Å². The summed E-state index contributed by atoms with van der Waals surface area (Å²) < 4.78 is 1.77. The van der Waals surface area contributed by atoms with E-state index in [1.165, 1.54) is 6.42 Å². The SMILES string of the molecule is O=C(CCNC(=O)C1(n2cccn2)CCNCC1)N1CCCCC1. The van der Waals surface area contributed by atoms with E-state index in [1.54, 1.807) is 10.9 Å². The van der Waals surface area contributed by atoms with Crippen molar-refractivity contribution in [1.82, 2.24) is 25.3 Å². The first-order valence-corrected chi connectivity index (χ1v) is 8.99. The van der Waals surface area contributed by atoms with Crippen molar-refractivity contribution in [2.24, 2.45) is 0 Å². The second-order valence-corrected chi connectivity index (χ2v) is 6.68. The Balaban J connectivity index is 1.55. The third-order valence-electron chi connectivity index (χ3n) is 5.13. The standard InChI is InChI=1S/C17H27N5O2/c23-15(21-12-2-1-3-13-21)5-9-19-16(24)17(6-10-18-11-7-17)22-14-4-8-20-22/h4,8,14,18H,1-3,5-7,9-13H2,(H,19,24).